The summed E-state index contributed by atoms with van der Waals surface area (Å²) in [6.45, 7) is 10.3. The molecule has 0 aliphatic rings. The summed E-state index contributed by atoms with van der Waals surface area (Å²) in [7, 11) is 1.95. The van der Waals surface area contributed by atoms with Gasteiger partial charge in [0.05, 0.1) is 0 Å². The summed E-state index contributed by atoms with van der Waals surface area (Å²) in [5.41, 5.74) is 5.79. The van der Waals surface area contributed by atoms with Crippen molar-refractivity contribution >= 4 is 0 Å². The minimum atomic E-state index is -0.194. The van der Waals surface area contributed by atoms with Gasteiger partial charge in [0.15, 0.2) is 0 Å². The van der Waals surface area contributed by atoms with E-state index >= 15 is 0 Å². The normalized spacial score (nSPS) is 12.5. The Morgan fingerprint density at radius 3 is 1.85 bits per heavy atom. The maximum Gasteiger partial charge on any atom is 0.0300 e. The van der Waals surface area contributed by atoms with Gasteiger partial charge in [-0.1, -0.05) is 0 Å². The Morgan fingerprint density at radius 1 is 1.08 bits per heavy atom. The Hall–Kier alpha value is -0.160. The smallest absolute Gasteiger partial charge is 0.0300 e. The Bertz CT molecular complexity index is 129. The minimum Gasteiger partial charge on any atom is -0.412 e. The third-order valence-electron chi connectivity index (χ3n) is 2.55. The molecular formula is C9H25N3O. The number of nitrogens with two attached hydrogens (primary N) is 1. The molecule has 0 amide bonds. The zero-order chi connectivity index (χ0) is 9.83. The second kappa shape index (κ2) is 5.54. The standard InChI is InChI=1S/C9H23N3.H2O/c1-8(2,10)9(3,4)12-7-6-11-5;/h11-12H,6-7,10H2,1-5H3;1H2. The number of hydrogen-bond acceptors (Lipinski definition) is 3. The molecule has 0 aliphatic carbocycles. The highest BCUT2D eigenvalue weighted by atomic mass is 16.0. The molecule has 0 spiro atoms. The van der Waals surface area contributed by atoms with E-state index in [4.69, 9.17) is 5.73 Å². The lowest BCUT2D eigenvalue weighted by molar-refractivity contribution is 0.244. The summed E-state index contributed by atoms with van der Waals surface area (Å²) in [6.07, 6.45) is 0. The van der Waals surface area contributed by atoms with Crippen LogP contribution < -0.4 is 16.4 Å². The van der Waals surface area contributed by atoms with Gasteiger partial charge in [0, 0.05) is 24.2 Å². The monoisotopic (exact) mass is 191 g/mol. The third kappa shape index (κ3) is 5.21. The molecule has 0 saturated carbocycles. The van der Waals surface area contributed by atoms with Gasteiger partial charge in [-0.2, -0.15) is 0 Å². The highest BCUT2D eigenvalue weighted by Crippen LogP contribution is 2.17. The van der Waals surface area contributed by atoms with Gasteiger partial charge in [-0.05, 0) is 34.7 Å². The van der Waals surface area contributed by atoms with Crippen molar-refractivity contribution in [1.82, 2.24) is 10.6 Å². The first-order valence-electron chi connectivity index (χ1n) is 4.50. The van der Waals surface area contributed by atoms with Gasteiger partial charge in [0.1, 0.15) is 0 Å². The minimum absolute atomic E-state index is 0. The number of nitrogens with one attached hydrogen (secondary N) is 2. The van der Waals surface area contributed by atoms with Crippen molar-refractivity contribution in [2.24, 2.45) is 5.73 Å². The van der Waals surface area contributed by atoms with Crippen molar-refractivity contribution < 1.29 is 5.48 Å². The van der Waals surface area contributed by atoms with E-state index in [0.29, 0.717) is 0 Å². The summed E-state index contributed by atoms with van der Waals surface area (Å²) in [5.74, 6) is 0. The van der Waals surface area contributed by atoms with Crippen LogP contribution in [0.2, 0.25) is 0 Å². The summed E-state index contributed by atoms with van der Waals surface area (Å²) >= 11 is 0. The number of likely N-dealkylation sites (N-methyl/N-ethyl adjacent to an activating group) is 1. The largest absolute Gasteiger partial charge is 0.412 e. The van der Waals surface area contributed by atoms with Crippen molar-refractivity contribution in [3.05, 3.63) is 0 Å². The Balaban J connectivity index is 0. The lowest BCUT2D eigenvalue weighted by atomic mass is 9.83. The van der Waals surface area contributed by atoms with Crippen LogP contribution in [0.4, 0.5) is 0 Å². The molecule has 0 fully saturated rings. The third-order valence-corrected chi connectivity index (χ3v) is 2.55. The lowest BCUT2D eigenvalue weighted by Crippen LogP contribution is -2.61. The molecule has 0 aromatic carbocycles. The van der Waals surface area contributed by atoms with Crippen molar-refractivity contribution in [2.75, 3.05) is 20.1 Å². The molecule has 0 saturated heterocycles. The number of hydrogen-bond donors (Lipinski definition) is 3. The fourth-order valence-corrected chi connectivity index (χ4v) is 0.728. The van der Waals surface area contributed by atoms with E-state index in [1.807, 2.05) is 20.9 Å². The first-order valence-corrected chi connectivity index (χ1v) is 4.50. The van der Waals surface area contributed by atoms with Crippen LogP contribution in [0.15, 0.2) is 0 Å². The van der Waals surface area contributed by atoms with Gasteiger partial charge in [-0.3, -0.25) is 0 Å². The molecule has 4 nitrogen and oxygen atoms in total. The highest BCUT2D eigenvalue weighted by molar-refractivity contribution is 4.97. The van der Waals surface area contributed by atoms with Gasteiger partial charge in [-0.15, -0.1) is 0 Å². The van der Waals surface area contributed by atoms with Crippen molar-refractivity contribution in [1.29, 1.82) is 0 Å². The zero-order valence-corrected chi connectivity index (χ0v) is 9.49. The van der Waals surface area contributed by atoms with Gasteiger partial charge in [0.25, 0.3) is 0 Å². The summed E-state index contributed by atoms with van der Waals surface area (Å²) < 4.78 is 0. The maximum absolute atomic E-state index is 6.01. The fourth-order valence-electron chi connectivity index (χ4n) is 0.728. The molecule has 0 bridgehead atoms. The van der Waals surface area contributed by atoms with Gasteiger partial charge < -0.3 is 21.8 Å². The molecule has 0 atom stereocenters. The zero-order valence-electron chi connectivity index (χ0n) is 9.49. The maximum atomic E-state index is 6.01. The van der Waals surface area contributed by atoms with Crippen LogP contribution in [-0.4, -0.2) is 36.7 Å². The van der Waals surface area contributed by atoms with Crippen LogP contribution in [-0.2, 0) is 0 Å². The number of rotatable bonds is 5. The average Bonchev–Trinajstić information content (AvgIpc) is 1.85. The molecule has 0 heterocycles. The van der Waals surface area contributed by atoms with Crippen molar-refractivity contribution in [3.8, 4) is 0 Å². The molecule has 4 heteroatoms. The molecule has 13 heavy (non-hydrogen) atoms. The molecule has 0 unspecified atom stereocenters. The molecule has 0 aromatic heterocycles. The van der Waals surface area contributed by atoms with E-state index in [2.05, 4.69) is 24.5 Å². The van der Waals surface area contributed by atoms with Gasteiger partial charge in [-0.25, -0.2) is 0 Å². The van der Waals surface area contributed by atoms with Gasteiger partial charge in [0.2, 0.25) is 0 Å². The lowest BCUT2D eigenvalue weighted by Gasteiger charge is -2.39. The van der Waals surface area contributed by atoms with Gasteiger partial charge >= 0.3 is 0 Å². The van der Waals surface area contributed by atoms with Crippen LogP contribution in [0, 0.1) is 0 Å². The average molecular weight is 191 g/mol. The molecule has 0 aliphatic heterocycles. The second-order valence-corrected chi connectivity index (χ2v) is 4.38. The second-order valence-electron chi connectivity index (χ2n) is 4.38. The Kier molecular flexibility index (Phi) is 6.53. The first-order chi connectivity index (χ1) is 5.31. The van der Waals surface area contributed by atoms with Crippen LogP contribution >= 0.6 is 0 Å². The van der Waals surface area contributed by atoms with E-state index in [0.717, 1.165) is 13.1 Å². The molecule has 0 radical (unpaired) electrons. The van der Waals surface area contributed by atoms with Crippen LogP contribution in [0.1, 0.15) is 27.7 Å². The summed E-state index contributed by atoms with van der Waals surface area (Å²) in [6, 6.07) is 0. The van der Waals surface area contributed by atoms with Crippen molar-refractivity contribution in [2.45, 2.75) is 38.8 Å². The van der Waals surface area contributed by atoms with E-state index in [9.17, 15) is 0 Å². The first kappa shape index (κ1) is 15.3. The predicted molar refractivity (Wildman–Crippen MR) is 57.9 cm³/mol. The summed E-state index contributed by atoms with van der Waals surface area (Å²) in [5, 5.41) is 6.50. The molecular weight excluding hydrogens is 166 g/mol. The summed E-state index contributed by atoms with van der Waals surface area (Å²) in [4.78, 5) is 0. The van der Waals surface area contributed by atoms with E-state index in [1.54, 1.807) is 0 Å². The quantitative estimate of drug-likeness (QED) is 0.512. The van der Waals surface area contributed by atoms with Crippen molar-refractivity contribution in [3.63, 3.8) is 0 Å². The molecule has 6 N–H and O–H groups in total. The molecule has 0 rings (SSSR count). The topological polar surface area (TPSA) is 81.6 Å². The molecule has 82 valence electrons. The molecule has 0 aromatic rings. The van der Waals surface area contributed by atoms with E-state index < -0.39 is 0 Å². The SMILES string of the molecule is CNCCNC(C)(C)C(C)(C)N.O. The predicted octanol–water partition coefficient (Wildman–Crippen LogP) is -0.513. The van der Waals surface area contributed by atoms with Crippen LogP contribution in [0.3, 0.4) is 0 Å². The van der Waals surface area contributed by atoms with Crippen LogP contribution in [0.5, 0.6) is 0 Å². The van der Waals surface area contributed by atoms with E-state index in [-0.39, 0.29) is 16.6 Å². The van der Waals surface area contributed by atoms with E-state index in [1.165, 1.54) is 0 Å². The van der Waals surface area contributed by atoms with Crippen LogP contribution in [0.25, 0.3) is 0 Å². The Morgan fingerprint density at radius 2 is 1.54 bits per heavy atom. The Labute approximate surface area is 81.6 Å². The highest BCUT2D eigenvalue weighted by Gasteiger charge is 2.32. The fraction of sp³-hybridized carbons (Fsp3) is 1.00.